The van der Waals surface area contributed by atoms with Crippen LogP contribution in [-0.4, -0.2) is 75.4 Å². The number of likely N-dealkylation sites (N-methyl/N-ethyl adjacent to an activating group) is 1. The fraction of sp³-hybridized carbons (Fsp3) is 0.684. The number of hydrogen-bond donors (Lipinski definition) is 1. The van der Waals surface area contributed by atoms with Gasteiger partial charge in [-0.05, 0) is 31.4 Å². The van der Waals surface area contributed by atoms with Crippen LogP contribution in [-0.2, 0) is 10.2 Å². The van der Waals surface area contributed by atoms with Gasteiger partial charge in [-0.25, -0.2) is 4.72 Å². The lowest BCUT2D eigenvalue weighted by atomic mass is 10.0. The summed E-state index contributed by atoms with van der Waals surface area (Å²) in [6.07, 6.45) is 2.07. The third kappa shape index (κ3) is 5.04. The molecule has 2 atom stereocenters. The van der Waals surface area contributed by atoms with E-state index < -0.39 is 10.2 Å². The predicted molar refractivity (Wildman–Crippen MR) is 105 cm³/mol. The van der Waals surface area contributed by atoms with Gasteiger partial charge in [0.25, 0.3) is 10.2 Å². The minimum Gasteiger partial charge on any atom is -0.303 e. The fourth-order valence-electron chi connectivity index (χ4n) is 3.99. The van der Waals surface area contributed by atoms with Crippen molar-refractivity contribution in [2.24, 2.45) is 5.92 Å². The van der Waals surface area contributed by atoms with Gasteiger partial charge in [-0.1, -0.05) is 37.3 Å². The largest absolute Gasteiger partial charge is 0.303 e. The van der Waals surface area contributed by atoms with Crippen LogP contribution in [0.2, 0.25) is 0 Å². The van der Waals surface area contributed by atoms with Gasteiger partial charge in [-0.3, -0.25) is 4.90 Å². The van der Waals surface area contributed by atoms with Crippen LogP contribution in [0.25, 0.3) is 0 Å². The van der Waals surface area contributed by atoms with Crippen molar-refractivity contribution in [1.29, 1.82) is 0 Å². The Morgan fingerprint density at radius 3 is 2.62 bits per heavy atom. The quantitative estimate of drug-likeness (QED) is 0.813. The summed E-state index contributed by atoms with van der Waals surface area (Å²) in [7, 11) is -1.22. The first-order valence-corrected chi connectivity index (χ1v) is 11.1. The maximum Gasteiger partial charge on any atom is 0.279 e. The molecule has 0 spiro atoms. The van der Waals surface area contributed by atoms with E-state index in [9.17, 15) is 8.42 Å². The fourth-order valence-corrected chi connectivity index (χ4v) is 5.34. The highest BCUT2D eigenvalue weighted by Crippen LogP contribution is 2.24. The molecule has 6 nitrogen and oxygen atoms in total. The molecule has 146 valence electrons. The van der Waals surface area contributed by atoms with Crippen LogP contribution >= 0.6 is 0 Å². The second-order valence-corrected chi connectivity index (χ2v) is 9.48. The zero-order valence-electron chi connectivity index (χ0n) is 16.0. The highest BCUT2D eigenvalue weighted by Gasteiger charge is 2.29. The number of piperidine rings is 1. The maximum atomic E-state index is 12.6. The van der Waals surface area contributed by atoms with E-state index in [0.717, 1.165) is 39.0 Å². The van der Waals surface area contributed by atoms with Crippen LogP contribution < -0.4 is 4.72 Å². The smallest absolute Gasteiger partial charge is 0.279 e. The molecule has 0 amide bonds. The molecule has 2 heterocycles. The molecule has 2 fully saturated rings. The Labute approximate surface area is 158 Å². The van der Waals surface area contributed by atoms with Crippen LogP contribution in [0.5, 0.6) is 0 Å². The van der Waals surface area contributed by atoms with Crippen LogP contribution in [0.15, 0.2) is 30.3 Å². The maximum absolute atomic E-state index is 12.6. The Morgan fingerprint density at radius 2 is 1.88 bits per heavy atom. The lowest BCUT2D eigenvalue weighted by Gasteiger charge is -2.40. The van der Waals surface area contributed by atoms with Gasteiger partial charge in [-0.2, -0.15) is 12.7 Å². The Kier molecular flexibility index (Phi) is 6.69. The first kappa shape index (κ1) is 19.8. The monoisotopic (exact) mass is 380 g/mol. The van der Waals surface area contributed by atoms with Crippen LogP contribution in [0.3, 0.4) is 0 Å². The van der Waals surface area contributed by atoms with E-state index in [2.05, 4.69) is 52.8 Å². The van der Waals surface area contributed by atoms with Crippen molar-refractivity contribution < 1.29 is 8.42 Å². The second kappa shape index (κ2) is 8.80. The Hall–Kier alpha value is -0.990. The molecule has 3 rings (SSSR count). The van der Waals surface area contributed by atoms with Crippen molar-refractivity contribution in [3.8, 4) is 0 Å². The van der Waals surface area contributed by atoms with Crippen molar-refractivity contribution in [1.82, 2.24) is 18.8 Å². The van der Waals surface area contributed by atoms with Crippen molar-refractivity contribution in [3.63, 3.8) is 0 Å². The van der Waals surface area contributed by atoms with E-state index >= 15 is 0 Å². The summed E-state index contributed by atoms with van der Waals surface area (Å²) in [4.78, 5) is 4.74. The lowest BCUT2D eigenvalue weighted by Crippen LogP contribution is -2.50. The van der Waals surface area contributed by atoms with Gasteiger partial charge >= 0.3 is 0 Å². The second-order valence-electron chi connectivity index (χ2n) is 7.73. The molecule has 1 aromatic rings. The first-order chi connectivity index (χ1) is 12.5. The minimum absolute atomic E-state index is 0.314. The van der Waals surface area contributed by atoms with E-state index in [1.54, 1.807) is 4.31 Å². The molecular formula is C19H32N4O2S. The van der Waals surface area contributed by atoms with Crippen LogP contribution in [0.1, 0.15) is 31.4 Å². The summed E-state index contributed by atoms with van der Waals surface area (Å²) in [5.41, 5.74) is 1.30. The summed E-state index contributed by atoms with van der Waals surface area (Å²) < 4.78 is 29.6. The summed E-state index contributed by atoms with van der Waals surface area (Å²) in [6, 6.07) is 10.8. The minimum atomic E-state index is -3.36. The molecule has 1 aromatic carbocycles. The van der Waals surface area contributed by atoms with E-state index in [1.807, 2.05) is 6.07 Å². The number of hydrogen-bond acceptors (Lipinski definition) is 4. The molecule has 7 heteroatoms. The number of rotatable bonds is 6. The van der Waals surface area contributed by atoms with E-state index in [-0.39, 0.29) is 0 Å². The highest BCUT2D eigenvalue weighted by molar-refractivity contribution is 7.87. The molecule has 0 aliphatic carbocycles. The third-order valence-electron chi connectivity index (χ3n) is 5.52. The number of nitrogens with one attached hydrogen (secondary N) is 1. The molecule has 0 aromatic heterocycles. The molecule has 26 heavy (non-hydrogen) atoms. The van der Waals surface area contributed by atoms with Crippen molar-refractivity contribution in [2.45, 2.75) is 25.8 Å². The van der Waals surface area contributed by atoms with Gasteiger partial charge in [0.15, 0.2) is 0 Å². The summed E-state index contributed by atoms with van der Waals surface area (Å²) >= 11 is 0. The number of piperazine rings is 1. The summed E-state index contributed by atoms with van der Waals surface area (Å²) in [5, 5.41) is 0. The summed E-state index contributed by atoms with van der Waals surface area (Å²) in [5.74, 6) is 0.445. The average Bonchev–Trinajstić information content (AvgIpc) is 2.63. The van der Waals surface area contributed by atoms with E-state index in [4.69, 9.17) is 0 Å². The molecule has 2 aliphatic heterocycles. The Morgan fingerprint density at radius 1 is 1.12 bits per heavy atom. The van der Waals surface area contributed by atoms with Crippen LogP contribution in [0, 0.1) is 5.92 Å². The Bertz CT molecular complexity index is 667. The zero-order valence-corrected chi connectivity index (χ0v) is 16.8. The van der Waals surface area contributed by atoms with Gasteiger partial charge in [0.1, 0.15) is 0 Å². The zero-order chi connectivity index (χ0) is 18.6. The molecular weight excluding hydrogens is 348 g/mol. The average molecular weight is 381 g/mol. The third-order valence-corrected chi connectivity index (χ3v) is 7.10. The molecule has 0 bridgehead atoms. The SMILES string of the molecule is C[C@H]1CCCN(S(=O)(=O)NCCN2CCN(C)C[C@H]2c2ccccc2)C1. The first-order valence-electron chi connectivity index (χ1n) is 9.68. The normalized spacial score (nSPS) is 26.8. The number of nitrogens with zero attached hydrogens (tertiary/aromatic N) is 3. The predicted octanol–water partition coefficient (Wildman–Crippen LogP) is 1.54. The topological polar surface area (TPSA) is 55.9 Å². The van der Waals surface area contributed by atoms with E-state index in [1.165, 1.54) is 5.56 Å². The lowest BCUT2D eigenvalue weighted by molar-refractivity contribution is 0.0918. The van der Waals surface area contributed by atoms with Crippen LogP contribution in [0.4, 0.5) is 0 Å². The van der Waals surface area contributed by atoms with Gasteiger partial charge in [0, 0.05) is 51.9 Å². The van der Waals surface area contributed by atoms with Crippen molar-refractivity contribution >= 4 is 10.2 Å². The standard InChI is InChI=1S/C19H32N4O2S/c1-17-7-6-11-23(15-17)26(24,25)20-10-12-22-14-13-21(2)16-19(22)18-8-4-3-5-9-18/h3-5,8-9,17,19-20H,6-7,10-16H2,1-2H3/t17-,19-/m0/s1. The molecule has 2 saturated heterocycles. The summed E-state index contributed by atoms with van der Waals surface area (Å²) in [6.45, 7) is 7.53. The van der Waals surface area contributed by atoms with E-state index in [0.29, 0.717) is 31.6 Å². The highest BCUT2D eigenvalue weighted by atomic mass is 32.2. The van der Waals surface area contributed by atoms with Crippen molar-refractivity contribution in [3.05, 3.63) is 35.9 Å². The molecule has 1 N–H and O–H groups in total. The number of benzene rings is 1. The molecule has 0 unspecified atom stereocenters. The molecule has 0 saturated carbocycles. The van der Waals surface area contributed by atoms with Gasteiger partial charge in [-0.15, -0.1) is 0 Å². The molecule has 2 aliphatic rings. The van der Waals surface area contributed by atoms with Gasteiger partial charge < -0.3 is 4.90 Å². The Balaban J connectivity index is 1.57. The van der Waals surface area contributed by atoms with Gasteiger partial charge in [0.2, 0.25) is 0 Å². The van der Waals surface area contributed by atoms with Crippen molar-refractivity contribution in [2.75, 3.05) is 52.9 Å². The molecule has 0 radical (unpaired) electrons. The van der Waals surface area contributed by atoms with Gasteiger partial charge in [0.05, 0.1) is 0 Å².